The molecule has 0 aliphatic heterocycles. The number of fused-ring (bicyclic) bond motifs is 1. The number of hydrogen-bond donors (Lipinski definition) is 1. The van der Waals surface area contributed by atoms with E-state index in [9.17, 15) is 4.79 Å². The maximum Gasteiger partial charge on any atom is 0.193 e. The van der Waals surface area contributed by atoms with E-state index in [0.29, 0.717) is 16.7 Å². The van der Waals surface area contributed by atoms with Crippen molar-refractivity contribution in [2.24, 2.45) is 12.8 Å². The van der Waals surface area contributed by atoms with Gasteiger partial charge in [0.25, 0.3) is 0 Å². The van der Waals surface area contributed by atoms with Crippen molar-refractivity contribution in [3.8, 4) is 11.3 Å². The van der Waals surface area contributed by atoms with E-state index in [1.165, 1.54) is 6.07 Å². The summed E-state index contributed by atoms with van der Waals surface area (Å²) in [6.45, 7) is 3.82. The molecule has 3 rings (SSSR count). The number of benzene rings is 1. The van der Waals surface area contributed by atoms with Gasteiger partial charge >= 0.3 is 0 Å². The summed E-state index contributed by atoms with van der Waals surface area (Å²) < 4.78 is 7.62. The van der Waals surface area contributed by atoms with Crippen LogP contribution >= 0.6 is 0 Å². The fourth-order valence-electron chi connectivity index (χ4n) is 2.46. The predicted molar refractivity (Wildman–Crippen MR) is 82.0 cm³/mol. The van der Waals surface area contributed by atoms with Crippen molar-refractivity contribution in [1.82, 2.24) is 9.78 Å². The molecule has 108 valence electrons. The van der Waals surface area contributed by atoms with Gasteiger partial charge in [-0.15, -0.1) is 0 Å². The molecule has 0 amide bonds. The average Bonchev–Trinajstić information content (AvgIpc) is 2.85. The van der Waals surface area contributed by atoms with Crippen LogP contribution in [-0.2, 0) is 7.05 Å². The summed E-state index contributed by atoms with van der Waals surface area (Å²) in [6, 6.07) is 5.09. The molecular weight excluding hydrogens is 266 g/mol. The van der Waals surface area contributed by atoms with Gasteiger partial charge in [-0.2, -0.15) is 5.10 Å². The molecule has 0 saturated carbocycles. The third kappa shape index (κ3) is 2.36. The van der Waals surface area contributed by atoms with Crippen LogP contribution in [0.4, 0.5) is 0 Å². The van der Waals surface area contributed by atoms with Gasteiger partial charge in [0.2, 0.25) is 0 Å². The highest BCUT2D eigenvalue weighted by atomic mass is 16.3. The minimum Gasteiger partial charge on any atom is -0.455 e. The molecular formula is C16H17N3O2. The standard InChI is InChI=1S/C16H17N3O2/c1-9-4-12(10(2)17)16-13(5-9)14(20)6-15(21-16)11-7-18-19(3)8-11/h4-8,10H,17H2,1-3H3/t10-/m1/s1. The van der Waals surface area contributed by atoms with E-state index < -0.39 is 0 Å². The SMILES string of the molecule is Cc1cc([C@@H](C)N)c2oc(-c3cnn(C)c3)cc(=O)c2c1. The molecule has 1 atom stereocenters. The molecule has 0 spiro atoms. The molecule has 0 saturated heterocycles. The van der Waals surface area contributed by atoms with Gasteiger partial charge in [0.1, 0.15) is 11.3 Å². The Labute approximate surface area is 122 Å². The first-order chi connectivity index (χ1) is 9.95. The molecule has 2 N–H and O–H groups in total. The number of aromatic nitrogens is 2. The molecule has 0 aliphatic rings. The summed E-state index contributed by atoms with van der Waals surface area (Å²) in [5.41, 5.74) is 9.11. The third-order valence-corrected chi connectivity index (χ3v) is 3.48. The highest BCUT2D eigenvalue weighted by Gasteiger charge is 2.14. The summed E-state index contributed by atoms with van der Waals surface area (Å²) in [5, 5.41) is 4.67. The smallest absolute Gasteiger partial charge is 0.193 e. The lowest BCUT2D eigenvalue weighted by atomic mass is 10.0. The number of aryl methyl sites for hydroxylation is 2. The Bertz CT molecular complexity index is 875. The lowest BCUT2D eigenvalue weighted by Gasteiger charge is -2.11. The van der Waals surface area contributed by atoms with Crippen LogP contribution in [0.25, 0.3) is 22.3 Å². The summed E-state index contributed by atoms with van der Waals surface area (Å²) in [6.07, 6.45) is 3.48. The molecule has 0 aliphatic carbocycles. The Morgan fingerprint density at radius 1 is 1.33 bits per heavy atom. The minimum atomic E-state index is -0.209. The van der Waals surface area contributed by atoms with Crippen LogP contribution in [0.1, 0.15) is 24.1 Å². The zero-order valence-electron chi connectivity index (χ0n) is 12.3. The van der Waals surface area contributed by atoms with Crippen LogP contribution in [0, 0.1) is 6.92 Å². The zero-order valence-corrected chi connectivity index (χ0v) is 12.3. The molecule has 2 heterocycles. The molecule has 21 heavy (non-hydrogen) atoms. The van der Waals surface area contributed by atoms with Gasteiger partial charge in [0.05, 0.1) is 17.1 Å². The normalized spacial score (nSPS) is 12.8. The second kappa shape index (κ2) is 4.86. The van der Waals surface area contributed by atoms with Gasteiger partial charge in [-0.25, -0.2) is 0 Å². The molecule has 1 aromatic carbocycles. The van der Waals surface area contributed by atoms with E-state index in [1.54, 1.807) is 10.9 Å². The van der Waals surface area contributed by atoms with Crippen LogP contribution in [0.15, 0.2) is 39.8 Å². The Kier molecular flexibility index (Phi) is 3.14. The van der Waals surface area contributed by atoms with Gasteiger partial charge in [0, 0.05) is 30.9 Å². The Balaban J connectivity index is 2.35. The van der Waals surface area contributed by atoms with Crippen molar-refractivity contribution in [3.05, 3.63) is 51.9 Å². The van der Waals surface area contributed by atoms with E-state index in [4.69, 9.17) is 10.2 Å². The van der Waals surface area contributed by atoms with E-state index in [0.717, 1.165) is 16.7 Å². The van der Waals surface area contributed by atoms with Crippen molar-refractivity contribution < 1.29 is 4.42 Å². The Morgan fingerprint density at radius 2 is 2.10 bits per heavy atom. The lowest BCUT2D eigenvalue weighted by Crippen LogP contribution is -2.09. The number of hydrogen-bond acceptors (Lipinski definition) is 4. The first-order valence-corrected chi connectivity index (χ1v) is 6.78. The molecule has 5 heteroatoms. The summed E-state index contributed by atoms with van der Waals surface area (Å²) >= 11 is 0. The number of rotatable bonds is 2. The number of nitrogens with two attached hydrogens (primary N) is 1. The quantitative estimate of drug-likeness (QED) is 0.784. The van der Waals surface area contributed by atoms with E-state index in [2.05, 4.69) is 5.10 Å². The molecule has 0 fully saturated rings. The van der Waals surface area contributed by atoms with E-state index in [-0.39, 0.29) is 11.5 Å². The topological polar surface area (TPSA) is 74.0 Å². The second-order valence-electron chi connectivity index (χ2n) is 5.40. The van der Waals surface area contributed by atoms with E-state index in [1.807, 2.05) is 39.2 Å². The van der Waals surface area contributed by atoms with Crippen molar-refractivity contribution in [2.75, 3.05) is 0 Å². The summed E-state index contributed by atoms with van der Waals surface area (Å²) in [7, 11) is 1.82. The third-order valence-electron chi connectivity index (χ3n) is 3.48. The predicted octanol–water partition coefficient (Wildman–Crippen LogP) is 2.52. The molecule has 0 unspecified atom stereocenters. The summed E-state index contributed by atoms with van der Waals surface area (Å²) in [5.74, 6) is 0.506. The zero-order chi connectivity index (χ0) is 15.1. The Hall–Kier alpha value is -2.40. The van der Waals surface area contributed by atoms with E-state index >= 15 is 0 Å². The number of nitrogens with zero attached hydrogens (tertiary/aromatic N) is 2. The van der Waals surface area contributed by atoms with Crippen molar-refractivity contribution in [3.63, 3.8) is 0 Å². The average molecular weight is 283 g/mol. The van der Waals surface area contributed by atoms with Gasteiger partial charge < -0.3 is 10.2 Å². The second-order valence-corrected chi connectivity index (χ2v) is 5.40. The molecule has 0 radical (unpaired) electrons. The fraction of sp³-hybridized carbons (Fsp3) is 0.250. The van der Waals surface area contributed by atoms with Crippen LogP contribution in [-0.4, -0.2) is 9.78 Å². The maximum atomic E-state index is 12.4. The van der Waals surface area contributed by atoms with Gasteiger partial charge in [0.15, 0.2) is 5.43 Å². The van der Waals surface area contributed by atoms with Crippen LogP contribution in [0.3, 0.4) is 0 Å². The Morgan fingerprint density at radius 3 is 2.71 bits per heavy atom. The maximum absolute atomic E-state index is 12.4. The first kappa shape index (κ1) is 13.6. The minimum absolute atomic E-state index is 0.0688. The van der Waals surface area contributed by atoms with Gasteiger partial charge in [-0.05, 0) is 25.5 Å². The monoisotopic (exact) mass is 283 g/mol. The molecule has 3 aromatic rings. The molecule has 2 aromatic heterocycles. The largest absolute Gasteiger partial charge is 0.455 e. The van der Waals surface area contributed by atoms with Crippen molar-refractivity contribution >= 4 is 11.0 Å². The van der Waals surface area contributed by atoms with Gasteiger partial charge in [-0.3, -0.25) is 9.48 Å². The van der Waals surface area contributed by atoms with Crippen LogP contribution < -0.4 is 11.2 Å². The van der Waals surface area contributed by atoms with Crippen LogP contribution in [0.5, 0.6) is 0 Å². The van der Waals surface area contributed by atoms with Crippen molar-refractivity contribution in [2.45, 2.75) is 19.9 Å². The fourth-order valence-corrected chi connectivity index (χ4v) is 2.46. The van der Waals surface area contributed by atoms with Crippen molar-refractivity contribution in [1.29, 1.82) is 0 Å². The van der Waals surface area contributed by atoms with Crippen LogP contribution in [0.2, 0.25) is 0 Å². The lowest BCUT2D eigenvalue weighted by molar-refractivity contribution is 0.607. The first-order valence-electron chi connectivity index (χ1n) is 6.78. The van der Waals surface area contributed by atoms with Gasteiger partial charge in [-0.1, -0.05) is 6.07 Å². The summed E-state index contributed by atoms with van der Waals surface area (Å²) in [4.78, 5) is 12.4. The molecule has 5 nitrogen and oxygen atoms in total. The highest BCUT2D eigenvalue weighted by molar-refractivity contribution is 5.82. The highest BCUT2D eigenvalue weighted by Crippen LogP contribution is 2.27. The molecule has 0 bridgehead atoms.